The molecule has 2 heterocycles. The Hall–Kier alpha value is -2.70. The van der Waals surface area contributed by atoms with E-state index in [1.807, 2.05) is 12.3 Å². The molecule has 1 unspecified atom stereocenters. The Kier molecular flexibility index (Phi) is 5.74. The van der Waals surface area contributed by atoms with E-state index in [4.69, 9.17) is 4.74 Å². The highest BCUT2D eigenvalue weighted by Gasteiger charge is 2.27. The highest BCUT2D eigenvalue weighted by molar-refractivity contribution is 5.63. The van der Waals surface area contributed by atoms with E-state index in [2.05, 4.69) is 44.3 Å². The van der Waals surface area contributed by atoms with Crippen molar-refractivity contribution in [2.75, 3.05) is 33.3 Å². The number of methoxy groups -OCH3 is 1. The molecule has 1 N–H and O–H groups in total. The molecule has 1 saturated heterocycles. The van der Waals surface area contributed by atoms with Crippen molar-refractivity contribution in [3.63, 3.8) is 0 Å². The summed E-state index contributed by atoms with van der Waals surface area (Å²) in [4.78, 5) is 5.14. The van der Waals surface area contributed by atoms with Gasteiger partial charge in [-0.15, -0.1) is 0 Å². The van der Waals surface area contributed by atoms with Gasteiger partial charge >= 0.3 is 0 Å². The van der Waals surface area contributed by atoms with Crippen LogP contribution in [-0.4, -0.2) is 59.3 Å². The van der Waals surface area contributed by atoms with E-state index in [0.29, 0.717) is 6.04 Å². The molecule has 1 aliphatic carbocycles. The van der Waals surface area contributed by atoms with Gasteiger partial charge in [-0.2, -0.15) is 5.10 Å². The minimum Gasteiger partial charge on any atom is -0.494 e. The van der Waals surface area contributed by atoms with Gasteiger partial charge in [-0.25, -0.2) is 4.39 Å². The molecule has 1 aliphatic heterocycles. The molecule has 0 amide bonds. The number of nitrogens with one attached hydrogen (secondary N) is 1. The minimum absolute atomic E-state index is 0.256. The van der Waals surface area contributed by atoms with Gasteiger partial charge in [-0.3, -0.25) is 14.9 Å². The molecule has 0 spiro atoms. The Labute approximate surface area is 182 Å². The van der Waals surface area contributed by atoms with E-state index in [1.165, 1.54) is 43.6 Å². The zero-order valence-corrected chi connectivity index (χ0v) is 18.0. The summed E-state index contributed by atoms with van der Waals surface area (Å²) in [5, 5.41) is 7.28. The van der Waals surface area contributed by atoms with Crippen LogP contribution in [0.5, 0.6) is 5.75 Å². The van der Waals surface area contributed by atoms with Crippen LogP contribution in [0, 0.1) is 5.82 Å². The zero-order chi connectivity index (χ0) is 21.2. The summed E-state index contributed by atoms with van der Waals surface area (Å²) in [6, 6.07) is 14.6. The molecule has 0 saturated carbocycles. The molecule has 6 heteroatoms. The van der Waals surface area contributed by atoms with Gasteiger partial charge in [0.2, 0.25) is 0 Å². The lowest BCUT2D eigenvalue weighted by atomic mass is 9.87. The molecular weight excluding hydrogens is 391 g/mol. The summed E-state index contributed by atoms with van der Waals surface area (Å²) in [6.45, 7) is 5.09. The Morgan fingerprint density at radius 2 is 1.90 bits per heavy atom. The fourth-order valence-electron chi connectivity index (χ4n) is 5.02. The third kappa shape index (κ3) is 4.23. The lowest BCUT2D eigenvalue weighted by Crippen LogP contribution is -2.51. The molecule has 1 fully saturated rings. The van der Waals surface area contributed by atoms with Crippen LogP contribution in [0.2, 0.25) is 0 Å². The van der Waals surface area contributed by atoms with Crippen LogP contribution in [-0.2, 0) is 19.4 Å². The highest BCUT2D eigenvalue weighted by atomic mass is 19.1. The summed E-state index contributed by atoms with van der Waals surface area (Å²) in [6.07, 6.45) is 5.48. The second-order valence-corrected chi connectivity index (χ2v) is 8.60. The Balaban J connectivity index is 1.20. The molecule has 5 nitrogen and oxygen atoms in total. The van der Waals surface area contributed by atoms with Gasteiger partial charge in [0, 0.05) is 49.9 Å². The molecular formula is C25H29FN4O. The van der Waals surface area contributed by atoms with E-state index in [9.17, 15) is 4.39 Å². The van der Waals surface area contributed by atoms with Crippen molar-refractivity contribution in [2.45, 2.75) is 31.8 Å². The molecule has 31 heavy (non-hydrogen) atoms. The third-order valence-electron chi connectivity index (χ3n) is 6.80. The van der Waals surface area contributed by atoms with Crippen LogP contribution in [0.1, 0.15) is 23.1 Å². The van der Waals surface area contributed by atoms with Gasteiger partial charge in [0.15, 0.2) is 11.6 Å². The summed E-state index contributed by atoms with van der Waals surface area (Å²) < 4.78 is 19.2. The van der Waals surface area contributed by atoms with Crippen LogP contribution >= 0.6 is 0 Å². The lowest BCUT2D eigenvalue weighted by molar-refractivity contribution is 0.0857. The van der Waals surface area contributed by atoms with E-state index in [1.54, 1.807) is 6.07 Å². The van der Waals surface area contributed by atoms with E-state index in [-0.39, 0.29) is 11.6 Å². The average molecular weight is 421 g/mol. The van der Waals surface area contributed by atoms with Crippen LogP contribution in [0.4, 0.5) is 4.39 Å². The summed E-state index contributed by atoms with van der Waals surface area (Å²) in [5.41, 5.74) is 5.83. The SMILES string of the molecule is COc1ccc(-c2[nH]ncc2CN2CCN(C3CCc4ccccc4C3)CC2)cc1F. The number of ether oxygens (including phenoxy) is 1. The monoisotopic (exact) mass is 420 g/mol. The number of aryl methyl sites for hydroxylation is 1. The first kappa shape index (κ1) is 20.2. The summed E-state index contributed by atoms with van der Waals surface area (Å²) in [7, 11) is 1.48. The van der Waals surface area contributed by atoms with Gasteiger partial charge in [0.05, 0.1) is 19.0 Å². The number of fused-ring (bicyclic) bond motifs is 1. The maximum atomic E-state index is 14.2. The maximum absolute atomic E-state index is 14.2. The van der Waals surface area contributed by atoms with Crippen LogP contribution in [0.3, 0.4) is 0 Å². The van der Waals surface area contributed by atoms with Crippen molar-refractivity contribution in [1.29, 1.82) is 0 Å². The van der Waals surface area contributed by atoms with Gasteiger partial charge in [-0.1, -0.05) is 24.3 Å². The highest BCUT2D eigenvalue weighted by Crippen LogP contribution is 2.28. The maximum Gasteiger partial charge on any atom is 0.165 e. The first-order valence-corrected chi connectivity index (χ1v) is 11.1. The number of rotatable bonds is 5. The number of aromatic amines is 1. The van der Waals surface area contributed by atoms with Crippen molar-refractivity contribution in [3.8, 4) is 17.0 Å². The second kappa shape index (κ2) is 8.81. The van der Waals surface area contributed by atoms with Crippen molar-refractivity contribution < 1.29 is 9.13 Å². The largest absolute Gasteiger partial charge is 0.494 e. The molecule has 1 aromatic heterocycles. The second-order valence-electron chi connectivity index (χ2n) is 8.60. The fraction of sp³-hybridized carbons (Fsp3) is 0.400. The molecule has 5 rings (SSSR count). The van der Waals surface area contributed by atoms with Gasteiger partial charge in [0.1, 0.15) is 0 Å². The quantitative estimate of drug-likeness (QED) is 0.680. The molecule has 2 aromatic carbocycles. The number of benzene rings is 2. The first-order chi connectivity index (χ1) is 15.2. The number of H-pyrrole nitrogens is 1. The smallest absolute Gasteiger partial charge is 0.165 e. The molecule has 0 radical (unpaired) electrons. The minimum atomic E-state index is -0.358. The molecule has 1 atom stereocenters. The van der Waals surface area contributed by atoms with Crippen LogP contribution < -0.4 is 4.74 Å². The third-order valence-corrected chi connectivity index (χ3v) is 6.80. The standard InChI is InChI=1S/C25H29FN4O/c1-31-24-9-7-20(15-23(24)26)25-21(16-27-28-25)17-29-10-12-30(13-11-29)22-8-6-18-4-2-3-5-19(18)14-22/h2-5,7,9,15-16,22H,6,8,10-14,17H2,1H3,(H,27,28). The van der Waals surface area contributed by atoms with Gasteiger partial charge in [0.25, 0.3) is 0 Å². The first-order valence-electron chi connectivity index (χ1n) is 11.1. The Morgan fingerprint density at radius 3 is 2.68 bits per heavy atom. The molecule has 162 valence electrons. The van der Waals surface area contributed by atoms with Crippen LogP contribution in [0.25, 0.3) is 11.3 Å². The Morgan fingerprint density at radius 1 is 1.10 bits per heavy atom. The number of hydrogen-bond donors (Lipinski definition) is 1. The number of piperazine rings is 1. The predicted molar refractivity (Wildman–Crippen MR) is 120 cm³/mol. The van der Waals surface area contributed by atoms with Crippen molar-refractivity contribution in [2.24, 2.45) is 0 Å². The van der Waals surface area contributed by atoms with Crippen molar-refractivity contribution in [1.82, 2.24) is 20.0 Å². The topological polar surface area (TPSA) is 44.4 Å². The summed E-state index contributed by atoms with van der Waals surface area (Å²) in [5.74, 6) is -0.102. The Bertz CT molecular complexity index is 1040. The fourth-order valence-corrected chi connectivity index (χ4v) is 5.02. The number of nitrogens with zero attached hydrogens (tertiary/aromatic N) is 3. The molecule has 2 aliphatic rings. The van der Waals surface area contributed by atoms with E-state index >= 15 is 0 Å². The number of hydrogen-bond acceptors (Lipinski definition) is 4. The van der Waals surface area contributed by atoms with Crippen LogP contribution in [0.15, 0.2) is 48.7 Å². The summed E-state index contributed by atoms with van der Waals surface area (Å²) >= 11 is 0. The van der Waals surface area contributed by atoms with Crippen molar-refractivity contribution in [3.05, 3.63) is 71.2 Å². The average Bonchev–Trinajstić information content (AvgIpc) is 3.27. The zero-order valence-electron chi connectivity index (χ0n) is 18.0. The van der Waals surface area contributed by atoms with Crippen molar-refractivity contribution >= 4 is 0 Å². The van der Waals surface area contributed by atoms with Gasteiger partial charge in [-0.05, 0) is 48.6 Å². The number of halogens is 1. The number of aromatic nitrogens is 2. The normalized spacial score (nSPS) is 19.9. The molecule has 3 aromatic rings. The lowest BCUT2D eigenvalue weighted by Gasteiger charge is -2.41. The van der Waals surface area contributed by atoms with E-state index < -0.39 is 0 Å². The predicted octanol–water partition coefficient (Wildman–Crippen LogP) is 3.90. The van der Waals surface area contributed by atoms with Gasteiger partial charge < -0.3 is 4.74 Å². The van der Waals surface area contributed by atoms with E-state index in [0.717, 1.165) is 49.5 Å². The molecule has 0 bridgehead atoms.